The van der Waals surface area contributed by atoms with Crippen LogP contribution in [0.5, 0.6) is 0 Å². The van der Waals surface area contributed by atoms with E-state index in [1.54, 1.807) is 12.1 Å². The van der Waals surface area contributed by atoms with Gasteiger partial charge in [0.15, 0.2) is 0 Å². The first-order valence-electron chi connectivity index (χ1n) is 5.24. The smallest absolute Gasteiger partial charge is 0.339 e. The molecule has 0 radical (unpaired) electrons. The predicted octanol–water partition coefficient (Wildman–Crippen LogP) is 4.08. The molecule has 2 nitrogen and oxygen atoms in total. The third kappa shape index (κ3) is 3.83. The van der Waals surface area contributed by atoms with E-state index in [1.807, 2.05) is 13.0 Å². The average Bonchev–Trinajstić information content (AvgIpc) is 2.21. The van der Waals surface area contributed by atoms with Crippen molar-refractivity contribution < 1.29 is 9.53 Å². The van der Waals surface area contributed by atoms with Crippen molar-refractivity contribution in [2.75, 3.05) is 0 Å². The molecular formula is C12H15BrO2S. The Morgan fingerprint density at radius 3 is 2.88 bits per heavy atom. The SMILES string of the molecule is CCCC(C)OC(=O)c1cc(S)ccc1Br. The lowest BCUT2D eigenvalue weighted by Crippen LogP contribution is -2.15. The summed E-state index contributed by atoms with van der Waals surface area (Å²) >= 11 is 7.52. The summed E-state index contributed by atoms with van der Waals surface area (Å²) in [7, 11) is 0. The predicted molar refractivity (Wildman–Crippen MR) is 71.2 cm³/mol. The highest BCUT2D eigenvalue weighted by Gasteiger charge is 2.14. The molecule has 0 aliphatic carbocycles. The topological polar surface area (TPSA) is 26.3 Å². The molecule has 1 atom stereocenters. The maximum Gasteiger partial charge on any atom is 0.339 e. The molecule has 0 bridgehead atoms. The number of thiol groups is 1. The summed E-state index contributed by atoms with van der Waals surface area (Å²) in [6.45, 7) is 3.97. The molecule has 0 N–H and O–H groups in total. The van der Waals surface area contributed by atoms with Crippen LogP contribution in [0.15, 0.2) is 27.6 Å². The van der Waals surface area contributed by atoms with Gasteiger partial charge in [0.05, 0.1) is 11.7 Å². The van der Waals surface area contributed by atoms with Crippen LogP contribution in [-0.4, -0.2) is 12.1 Å². The minimum Gasteiger partial charge on any atom is -0.459 e. The lowest BCUT2D eigenvalue weighted by Gasteiger charge is -2.13. The molecule has 1 unspecified atom stereocenters. The van der Waals surface area contributed by atoms with Crippen molar-refractivity contribution in [3.05, 3.63) is 28.2 Å². The summed E-state index contributed by atoms with van der Waals surface area (Å²) in [6.07, 6.45) is 1.83. The van der Waals surface area contributed by atoms with Crippen LogP contribution in [0, 0.1) is 0 Å². The number of rotatable bonds is 4. The van der Waals surface area contributed by atoms with Gasteiger partial charge in [-0.2, -0.15) is 0 Å². The van der Waals surface area contributed by atoms with E-state index in [-0.39, 0.29) is 12.1 Å². The van der Waals surface area contributed by atoms with Crippen LogP contribution in [-0.2, 0) is 4.74 Å². The summed E-state index contributed by atoms with van der Waals surface area (Å²) in [6, 6.07) is 5.32. The summed E-state index contributed by atoms with van der Waals surface area (Å²) in [4.78, 5) is 12.6. The van der Waals surface area contributed by atoms with Gasteiger partial charge in [0.1, 0.15) is 0 Å². The lowest BCUT2D eigenvalue weighted by molar-refractivity contribution is 0.0322. The lowest BCUT2D eigenvalue weighted by atomic mass is 10.2. The highest BCUT2D eigenvalue weighted by molar-refractivity contribution is 9.10. The third-order valence-electron chi connectivity index (χ3n) is 2.17. The van der Waals surface area contributed by atoms with Crippen LogP contribution in [0.4, 0.5) is 0 Å². The zero-order valence-corrected chi connectivity index (χ0v) is 11.8. The van der Waals surface area contributed by atoms with Crippen LogP contribution < -0.4 is 0 Å². The molecule has 0 spiro atoms. The molecule has 16 heavy (non-hydrogen) atoms. The molecule has 0 amide bonds. The second kappa shape index (κ2) is 6.30. The van der Waals surface area contributed by atoms with E-state index in [2.05, 4.69) is 35.5 Å². The number of hydrogen-bond acceptors (Lipinski definition) is 3. The van der Waals surface area contributed by atoms with Crippen molar-refractivity contribution in [2.45, 2.75) is 37.7 Å². The van der Waals surface area contributed by atoms with E-state index in [0.29, 0.717) is 5.56 Å². The Morgan fingerprint density at radius 1 is 1.56 bits per heavy atom. The zero-order chi connectivity index (χ0) is 12.1. The molecule has 0 heterocycles. The third-order valence-corrected chi connectivity index (χ3v) is 3.14. The molecule has 1 rings (SSSR count). The van der Waals surface area contributed by atoms with Crippen molar-refractivity contribution in [1.82, 2.24) is 0 Å². The second-order valence-corrected chi connectivity index (χ2v) is 5.04. The first kappa shape index (κ1) is 13.6. The van der Waals surface area contributed by atoms with Crippen LogP contribution in [0.1, 0.15) is 37.0 Å². The summed E-state index contributed by atoms with van der Waals surface area (Å²) in [5.74, 6) is -0.302. The van der Waals surface area contributed by atoms with Gasteiger partial charge in [0, 0.05) is 9.37 Å². The molecule has 0 aliphatic rings. The number of carbonyl (C=O) groups is 1. The van der Waals surface area contributed by atoms with E-state index in [4.69, 9.17) is 4.74 Å². The zero-order valence-electron chi connectivity index (χ0n) is 9.37. The number of carbonyl (C=O) groups excluding carboxylic acids is 1. The Balaban J connectivity index is 2.76. The van der Waals surface area contributed by atoms with E-state index < -0.39 is 0 Å². The molecule has 1 aromatic rings. The molecule has 1 aromatic carbocycles. The van der Waals surface area contributed by atoms with Gasteiger partial charge in [0.25, 0.3) is 0 Å². The second-order valence-electron chi connectivity index (χ2n) is 3.67. The maximum absolute atomic E-state index is 11.8. The largest absolute Gasteiger partial charge is 0.459 e. The quantitative estimate of drug-likeness (QED) is 0.670. The fourth-order valence-electron chi connectivity index (χ4n) is 1.38. The van der Waals surface area contributed by atoms with E-state index >= 15 is 0 Å². The number of esters is 1. The molecular weight excluding hydrogens is 288 g/mol. The Kier molecular flexibility index (Phi) is 5.35. The highest BCUT2D eigenvalue weighted by atomic mass is 79.9. The Labute approximate surface area is 110 Å². The fourth-order valence-corrected chi connectivity index (χ4v) is 1.99. The summed E-state index contributed by atoms with van der Waals surface area (Å²) in [5, 5.41) is 0. The van der Waals surface area contributed by atoms with Crippen LogP contribution in [0.2, 0.25) is 0 Å². The Morgan fingerprint density at radius 2 is 2.25 bits per heavy atom. The number of hydrogen-bond donors (Lipinski definition) is 1. The fraction of sp³-hybridized carbons (Fsp3) is 0.417. The molecule has 88 valence electrons. The van der Waals surface area contributed by atoms with Gasteiger partial charge in [-0.1, -0.05) is 13.3 Å². The van der Waals surface area contributed by atoms with Gasteiger partial charge in [-0.15, -0.1) is 12.6 Å². The monoisotopic (exact) mass is 302 g/mol. The molecule has 0 fully saturated rings. The number of benzene rings is 1. The van der Waals surface area contributed by atoms with Crippen LogP contribution in [0.3, 0.4) is 0 Å². The molecule has 0 aromatic heterocycles. The Hall–Kier alpha value is -0.480. The van der Waals surface area contributed by atoms with Gasteiger partial charge in [-0.25, -0.2) is 4.79 Å². The minimum absolute atomic E-state index is 0.0482. The van der Waals surface area contributed by atoms with E-state index in [9.17, 15) is 4.79 Å². The van der Waals surface area contributed by atoms with Crippen molar-refractivity contribution in [1.29, 1.82) is 0 Å². The normalized spacial score (nSPS) is 12.2. The molecule has 0 saturated heterocycles. The first-order chi connectivity index (χ1) is 7.54. The molecule has 0 saturated carbocycles. The van der Waals surface area contributed by atoms with Crippen molar-refractivity contribution in [3.63, 3.8) is 0 Å². The standard InChI is InChI=1S/C12H15BrO2S/c1-3-4-8(2)15-12(14)10-7-9(16)5-6-11(10)13/h5-8,16H,3-4H2,1-2H3. The van der Waals surface area contributed by atoms with E-state index in [0.717, 1.165) is 22.2 Å². The van der Waals surface area contributed by atoms with Crippen molar-refractivity contribution in [3.8, 4) is 0 Å². The van der Waals surface area contributed by atoms with Gasteiger partial charge in [-0.05, 0) is 47.5 Å². The van der Waals surface area contributed by atoms with Gasteiger partial charge in [-0.3, -0.25) is 0 Å². The van der Waals surface area contributed by atoms with Crippen molar-refractivity contribution in [2.24, 2.45) is 0 Å². The average molecular weight is 303 g/mol. The number of ether oxygens (including phenoxy) is 1. The Bertz CT molecular complexity index is 379. The summed E-state index contributed by atoms with van der Waals surface area (Å²) in [5.41, 5.74) is 0.524. The van der Waals surface area contributed by atoms with Crippen molar-refractivity contribution >= 4 is 34.5 Å². The van der Waals surface area contributed by atoms with Crippen LogP contribution >= 0.6 is 28.6 Å². The van der Waals surface area contributed by atoms with E-state index in [1.165, 1.54) is 0 Å². The van der Waals surface area contributed by atoms with Gasteiger partial charge >= 0.3 is 5.97 Å². The molecule has 4 heteroatoms. The summed E-state index contributed by atoms with van der Waals surface area (Å²) < 4.78 is 6.04. The van der Waals surface area contributed by atoms with Gasteiger partial charge in [0.2, 0.25) is 0 Å². The molecule has 0 aliphatic heterocycles. The van der Waals surface area contributed by atoms with Crippen LogP contribution in [0.25, 0.3) is 0 Å². The minimum atomic E-state index is -0.302. The maximum atomic E-state index is 11.8. The van der Waals surface area contributed by atoms with Gasteiger partial charge < -0.3 is 4.74 Å². The number of halogens is 1. The highest BCUT2D eigenvalue weighted by Crippen LogP contribution is 2.21. The first-order valence-corrected chi connectivity index (χ1v) is 6.48.